The van der Waals surface area contributed by atoms with Gasteiger partial charge in [-0.05, 0) is 23.1 Å². The number of nitrogens with two attached hydrogens (primary N) is 1. The van der Waals surface area contributed by atoms with E-state index in [1.165, 1.54) is 11.1 Å². The lowest BCUT2D eigenvalue weighted by molar-refractivity contribution is -0.718. The molecule has 5 heteroatoms. The number of furan rings is 1. The molecule has 4 aromatic rings. The Labute approximate surface area is 176 Å². The summed E-state index contributed by atoms with van der Waals surface area (Å²) in [5.41, 5.74) is 4.14. The van der Waals surface area contributed by atoms with Crippen molar-refractivity contribution >= 4 is 22.1 Å². The molecule has 5 nitrogen and oxygen atoms in total. The summed E-state index contributed by atoms with van der Waals surface area (Å²) < 4.78 is 5.69. The minimum absolute atomic E-state index is 0.141. The average molecular weight is 405 g/mol. The summed E-state index contributed by atoms with van der Waals surface area (Å²) in [4.78, 5) is 20.2. The minimum atomic E-state index is -0.227. The van der Waals surface area contributed by atoms with E-state index in [1.807, 2.05) is 24.3 Å². The molecule has 2 aromatic carbocycles. The van der Waals surface area contributed by atoms with Gasteiger partial charge >= 0.3 is 0 Å². The fourth-order valence-electron chi connectivity index (χ4n) is 3.98. The monoisotopic (exact) mass is 404 g/mol. The van der Waals surface area contributed by atoms with Crippen LogP contribution in [0.5, 0.6) is 0 Å². The maximum Gasteiger partial charge on any atom is 0.294 e. The number of para-hydroxylation sites is 1. The number of benzene rings is 2. The fourth-order valence-corrected chi connectivity index (χ4v) is 3.98. The van der Waals surface area contributed by atoms with Gasteiger partial charge in [0.2, 0.25) is 5.58 Å². The SMILES string of the molecule is CC(C)[C@H]([NH2+]Cc1nc2c(oc3ccccc32)c(=O)[nH]1)c1ccc(C(C)(C)C)cc1. The van der Waals surface area contributed by atoms with Crippen molar-refractivity contribution < 1.29 is 9.73 Å². The number of hydrogen-bond acceptors (Lipinski definition) is 3. The van der Waals surface area contributed by atoms with Crippen LogP contribution in [0.25, 0.3) is 22.1 Å². The maximum absolute atomic E-state index is 12.5. The fraction of sp³-hybridized carbons (Fsp3) is 0.360. The van der Waals surface area contributed by atoms with E-state index in [2.05, 4.69) is 69.2 Å². The smallest absolute Gasteiger partial charge is 0.294 e. The van der Waals surface area contributed by atoms with Crippen molar-refractivity contribution in [3.8, 4) is 0 Å². The quantitative estimate of drug-likeness (QED) is 0.517. The molecular weight excluding hydrogens is 374 g/mol. The summed E-state index contributed by atoms with van der Waals surface area (Å²) >= 11 is 0. The molecule has 0 bridgehead atoms. The van der Waals surface area contributed by atoms with Crippen LogP contribution in [0.1, 0.15) is 57.6 Å². The van der Waals surface area contributed by atoms with Gasteiger partial charge in [0.25, 0.3) is 5.56 Å². The summed E-state index contributed by atoms with van der Waals surface area (Å²) in [5.74, 6) is 1.10. The second-order valence-corrected chi connectivity index (χ2v) is 9.37. The Morgan fingerprint density at radius 2 is 1.77 bits per heavy atom. The highest BCUT2D eigenvalue weighted by Crippen LogP contribution is 2.26. The lowest BCUT2D eigenvalue weighted by Gasteiger charge is -2.22. The highest BCUT2D eigenvalue weighted by molar-refractivity contribution is 6.01. The molecule has 0 spiro atoms. The molecule has 0 amide bonds. The van der Waals surface area contributed by atoms with Gasteiger partial charge in [0.15, 0.2) is 5.82 Å². The maximum atomic E-state index is 12.5. The largest absolute Gasteiger partial charge is 0.449 e. The first-order valence-electron chi connectivity index (χ1n) is 10.6. The topological polar surface area (TPSA) is 75.5 Å². The third kappa shape index (κ3) is 3.90. The van der Waals surface area contributed by atoms with Crippen molar-refractivity contribution in [3.63, 3.8) is 0 Å². The van der Waals surface area contributed by atoms with E-state index >= 15 is 0 Å². The van der Waals surface area contributed by atoms with Crippen LogP contribution in [0.15, 0.2) is 57.7 Å². The van der Waals surface area contributed by atoms with Crippen LogP contribution in [-0.4, -0.2) is 9.97 Å². The Balaban J connectivity index is 1.61. The Kier molecular flexibility index (Phi) is 5.24. The van der Waals surface area contributed by atoms with E-state index in [-0.39, 0.29) is 22.6 Å². The number of H-pyrrole nitrogens is 1. The molecule has 1 atom stereocenters. The van der Waals surface area contributed by atoms with Crippen LogP contribution in [0, 0.1) is 5.92 Å². The predicted molar refractivity (Wildman–Crippen MR) is 120 cm³/mol. The van der Waals surface area contributed by atoms with E-state index in [0.717, 1.165) is 5.39 Å². The molecule has 0 unspecified atom stereocenters. The zero-order valence-corrected chi connectivity index (χ0v) is 18.3. The van der Waals surface area contributed by atoms with Crippen molar-refractivity contribution in [2.24, 2.45) is 5.92 Å². The van der Waals surface area contributed by atoms with Crippen molar-refractivity contribution in [1.29, 1.82) is 0 Å². The van der Waals surface area contributed by atoms with Gasteiger partial charge in [-0.25, -0.2) is 4.98 Å². The van der Waals surface area contributed by atoms with Crippen molar-refractivity contribution in [3.05, 3.63) is 75.8 Å². The predicted octanol–water partition coefficient (Wildman–Crippen LogP) is 4.43. The number of aromatic amines is 1. The van der Waals surface area contributed by atoms with E-state index < -0.39 is 0 Å². The van der Waals surface area contributed by atoms with E-state index in [4.69, 9.17) is 9.40 Å². The Morgan fingerprint density at radius 3 is 2.43 bits per heavy atom. The molecule has 0 saturated carbocycles. The molecule has 0 radical (unpaired) electrons. The van der Waals surface area contributed by atoms with Gasteiger partial charge in [-0.3, -0.25) is 4.79 Å². The molecular formula is C25H30N3O2+. The van der Waals surface area contributed by atoms with Crippen molar-refractivity contribution in [2.45, 2.75) is 52.6 Å². The van der Waals surface area contributed by atoms with Crippen LogP contribution in [-0.2, 0) is 12.0 Å². The summed E-state index contributed by atoms with van der Waals surface area (Å²) in [6.07, 6.45) is 0. The summed E-state index contributed by atoms with van der Waals surface area (Å²) in [7, 11) is 0. The van der Waals surface area contributed by atoms with Gasteiger partial charge in [-0.2, -0.15) is 0 Å². The first-order valence-corrected chi connectivity index (χ1v) is 10.6. The van der Waals surface area contributed by atoms with E-state index in [0.29, 0.717) is 29.4 Å². The van der Waals surface area contributed by atoms with E-state index in [1.54, 1.807) is 0 Å². The highest BCUT2D eigenvalue weighted by atomic mass is 16.3. The number of hydrogen-bond donors (Lipinski definition) is 2. The standard InChI is InChI=1S/C25H29N3O2/c1-15(2)21(16-10-12-17(13-11-16)25(3,4)5)26-14-20-27-22-18-8-6-7-9-19(18)30-23(22)24(29)28-20/h6-13,15,21,26H,14H2,1-5H3,(H,27,28,29)/p+1/t21-/m0/s1. The molecule has 30 heavy (non-hydrogen) atoms. The van der Waals surface area contributed by atoms with Crippen LogP contribution < -0.4 is 10.9 Å². The summed E-state index contributed by atoms with van der Waals surface area (Å²) in [6, 6.07) is 16.8. The van der Waals surface area contributed by atoms with Crippen LogP contribution >= 0.6 is 0 Å². The first-order chi connectivity index (χ1) is 14.2. The number of fused-ring (bicyclic) bond motifs is 3. The molecule has 0 aliphatic heterocycles. The van der Waals surface area contributed by atoms with Crippen molar-refractivity contribution in [1.82, 2.24) is 9.97 Å². The van der Waals surface area contributed by atoms with Crippen molar-refractivity contribution in [2.75, 3.05) is 0 Å². The lowest BCUT2D eigenvalue weighted by atomic mass is 9.85. The molecule has 2 heterocycles. The van der Waals surface area contributed by atoms with Crippen LogP contribution in [0.2, 0.25) is 0 Å². The zero-order chi connectivity index (χ0) is 21.5. The molecule has 0 saturated heterocycles. The molecule has 4 rings (SSSR count). The first kappa shape index (κ1) is 20.4. The number of rotatable bonds is 5. The van der Waals surface area contributed by atoms with Gasteiger partial charge in [-0.15, -0.1) is 0 Å². The normalized spacial score (nSPS) is 13.4. The molecule has 2 aromatic heterocycles. The second-order valence-electron chi connectivity index (χ2n) is 9.37. The zero-order valence-electron chi connectivity index (χ0n) is 18.3. The van der Waals surface area contributed by atoms with E-state index in [9.17, 15) is 4.79 Å². The van der Waals surface area contributed by atoms with Crippen LogP contribution in [0.3, 0.4) is 0 Å². The Morgan fingerprint density at radius 1 is 1.07 bits per heavy atom. The van der Waals surface area contributed by atoms with Gasteiger partial charge in [-0.1, -0.05) is 71.0 Å². The highest BCUT2D eigenvalue weighted by Gasteiger charge is 2.22. The Bertz CT molecular complexity index is 1230. The number of nitrogens with zero attached hydrogens (tertiary/aromatic N) is 1. The molecule has 0 aliphatic rings. The lowest BCUT2D eigenvalue weighted by Crippen LogP contribution is -2.85. The second kappa shape index (κ2) is 7.73. The number of nitrogens with one attached hydrogen (secondary N) is 1. The summed E-state index contributed by atoms with van der Waals surface area (Å²) in [6.45, 7) is 11.7. The number of aromatic nitrogens is 2. The van der Waals surface area contributed by atoms with Crippen LogP contribution in [0.4, 0.5) is 0 Å². The molecule has 156 valence electrons. The minimum Gasteiger partial charge on any atom is -0.449 e. The molecule has 0 aliphatic carbocycles. The third-order valence-electron chi connectivity index (χ3n) is 5.73. The van der Waals surface area contributed by atoms with Gasteiger partial charge in [0.05, 0.1) is 0 Å². The van der Waals surface area contributed by atoms with Gasteiger partial charge in [0, 0.05) is 16.9 Å². The molecule has 0 fully saturated rings. The molecule has 3 N–H and O–H groups in total. The third-order valence-corrected chi connectivity index (χ3v) is 5.73. The number of quaternary nitrogens is 1. The average Bonchev–Trinajstić information content (AvgIpc) is 3.07. The van der Waals surface area contributed by atoms with Gasteiger partial charge in [0.1, 0.15) is 23.7 Å². The Hall–Kier alpha value is -2.92. The summed E-state index contributed by atoms with van der Waals surface area (Å²) in [5, 5.41) is 3.13. The van der Waals surface area contributed by atoms with Gasteiger partial charge < -0.3 is 14.7 Å².